The molecule has 15 heavy (non-hydrogen) atoms. The normalized spacial score (nSPS) is 10.3. The first-order valence-corrected chi connectivity index (χ1v) is 5.07. The smallest absolute Gasteiger partial charge is 0.146 e. The summed E-state index contributed by atoms with van der Waals surface area (Å²) in [6, 6.07) is 5.10. The standard InChI is InChI=1S/C10H8Cl2N2O/c11-7-1-2-9(8(12)5-7)15-6-10-13-3-4-14-10/h1-5H,6H2,(H,13,14). The molecule has 0 aliphatic heterocycles. The average molecular weight is 243 g/mol. The quantitative estimate of drug-likeness (QED) is 0.897. The maximum Gasteiger partial charge on any atom is 0.146 e. The summed E-state index contributed by atoms with van der Waals surface area (Å²) < 4.78 is 5.45. The van der Waals surface area contributed by atoms with E-state index in [1.54, 1.807) is 30.6 Å². The summed E-state index contributed by atoms with van der Waals surface area (Å²) in [7, 11) is 0. The van der Waals surface area contributed by atoms with E-state index < -0.39 is 0 Å². The van der Waals surface area contributed by atoms with Crippen LogP contribution < -0.4 is 4.74 Å². The van der Waals surface area contributed by atoms with Crippen molar-refractivity contribution >= 4 is 23.2 Å². The number of nitrogens with zero attached hydrogens (tertiary/aromatic N) is 1. The molecule has 78 valence electrons. The predicted molar refractivity (Wildman–Crippen MR) is 59.4 cm³/mol. The second-order valence-electron chi connectivity index (χ2n) is 2.90. The van der Waals surface area contributed by atoms with Crippen LogP contribution in [-0.2, 0) is 6.61 Å². The number of hydrogen-bond donors (Lipinski definition) is 1. The Balaban J connectivity index is 2.05. The Hall–Kier alpha value is -1.19. The third-order valence-corrected chi connectivity index (χ3v) is 2.34. The van der Waals surface area contributed by atoms with Crippen molar-refractivity contribution in [2.24, 2.45) is 0 Å². The topological polar surface area (TPSA) is 37.9 Å². The van der Waals surface area contributed by atoms with Crippen molar-refractivity contribution in [3.8, 4) is 5.75 Å². The average Bonchev–Trinajstić information content (AvgIpc) is 2.69. The van der Waals surface area contributed by atoms with E-state index in [1.807, 2.05) is 0 Å². The van der Waals surface area contributed by atoms with E-state index in [4.69, 9.17) is 27.9 Å². The summed E-state index contributed by atoms with van der Waals surface area (Å²) >= 11 is 11.7. The molecule has 1 N–H and O–H groups in total. The molecule has 1 heterocycles. The number of hydrogen-bond acceptors (Lipinski definition) is 2. The Bertz CT molecular complexity index is 443. The minimum atomic E-state index is 0.356. The maximum absolute atomic E-state index is 5.93. The van der Waals surface area contributed by atoms with Crippen molar-refractivity contribution in [1.29, 1.82) is 0 Å². The third kappa shape index (κ3) is 2.64. The fourth-order valence-electron chi connectivity index (χ4n) is 1.12. The van der Waals surface area contributed by atoms with Gasteiger partial charge in [-0.3, -0.25) is 0 Å². The first-order chi connectivity index (χ1) is 7.25. The summed E-state index contributed by atoms with van der Waals surface area (Å²) in [5.41, 5.74) is 0. The minimum Gasteiger partial charge on any atom is -0.484 e. The van der Waals surface area contributed by atoms with Gasteiger partial charge in [0.15, 0.2) is 0 Å². The molecule has 0 saturated heterocycles. The first kappa shape index (κ1) is 10.3. The van der Waals surface area contributed by atoms with E-state index in [0.717, 1.165) is 5.82 Å². The van der Waals surface area contributed by atoms with E-state index in [9.17, 15) is 0 Å². The largest absolute Gasteiger partial charge is 0.484 e. The van der Waals surface area contributed by atoms with E-state index in [1.165, 1.54) is 0 Å². The van der Waals surface area contributed by atoms with E-state index in [0.29, 0.717) is 22.4 Å². The second-order valence-corrected chi connectivity index (χ2v) is 3.74. The van der Waals surface area contributed by atoms with Gasteiger partial charge < -0.3 is 9.72 Å². The van der Waals surface area contributed by atoms with Crippen LogP contribution in [-0.4, -0.2) is 9.97 Å². The molecule has 5 heteroatoms. The highest BCUT2D eigenvalue weighted by atomic mass is 35.5. The van der Waals surface area contributed by atoms with Crippen molar-refractivity contribution < 1.29 is 4.74 Å². The zero-order valence-corrected chi connectivity index (χ0v) is 9.22. The number of benzene rings is 1. The van der Waals surface area contributed by atoms with Gasteiger partial charge in [0.1, 0.15) is 18.2 Å². The van der Waals surface area contributed by atoms with Gasteiger partial charge in [0.25, 0.3) is 0 Å². The predicted octanol–water partition coefficient (Wildman–Crippen LogP) is 3.30. The molecule has 0 bridgehead atoms. The molecule has 0 aliphatic rings. The lowest BCUT2D eigenvalue weighted by molar-refractivity contribution is 0.297. The molecule has 0 atom stereocenters. The Labute approximate surface area is 97.0 Å². The summed E-state index contributed by atoms with van der Waals surface area (Å²) in [5, 5.41) is 1.08. The Kier molecular flexibility index (Phi) is 3.14. The van der Waals surface area contributed by atoms with Crippen molar-refractivity contribution in [1.82, 2.24) is 9.97 Å². The van der Waals surface area contributed by atoms with E-state index >= 15 is 0 Å². The molecule has 0 unspecified atom stereocenters. The molecule has 2 rings (SSSR count). The SMILES string of the molecule is Clc1ccc(OCc2ncc[nH]2)c(Cl)c1. The van der Waals surface area contributed by atoms with Crippen LogP contribution >= 0.6 is 23.2 Å². The van der Waals surface area contributed by atoms with Crippen LogP contribution in [0.4, 0.5) is 0 Å². The van der Waals surface area contributed by atoms with E-state index in [-0.39, 0.29) is 0 Å². The fraction of sp³-hybridized carbons (Fsp3) is 0.100. The maximum atomic E-state index is 5.93. The van der Waals surface area contributed by atoms with Gasteiger partial charge in [-0.05, 0) is 18.2 Å². The summed E-state index contributed by atoms with van der Waals surface area (Å²) in [6.07, 6.45) is 3.41. The monoisotopic (exact) mass is 242 g/mol. The first-order valence-electron chi connectivity index (χ1n) is 4.32. The van der Waals surface area contributed by atoms with Gasteiger partial charge in [0.2, 0.25) is 0 Å². The van der Waals surface area contributed by atoms with Crippen LogP contribution in [0.2, 0.25) is 10.0 Å². The van der Waals surface area contributed by atoms with Gasteiger partial charge in [-0.25, -0.2) is 4.98 Å². The van der Waals surface area contributed by atoms with Gasteiger partial charge in [-0.2, -0.15) is 0 Å². The molecule has 3 nitrogen and oxygen atoms in total. The van der Waals surface area contributed by atoms with Crippen LogP contribution in [0.5, 0.6) is 5.75 Å². The number of aromatic amines is 1. The molecule has 0 radical (unpaired) electrons. The van der Waals surface area contributed by atoms with Gasteiger partial charge in [0, 0.05) is 17.4 Å². The van der Waals surface area contributed by atoms with Crippen LogP contribution in [0.15, 0.2) is 30.6 Å². The number of rotatable bonds is 3. The Morgan fingerprint density at radius 2 is 2.20 bits per heavy atom. The summed E-state index contributed by atoms with van der Waals surface area (Å²) in [4.78, 5) is 6.96. The molecule has 0 amide bonds. The number of H-pyrrole nitrogens is 1. The van der Waals surface area contributed by atoms with Crippen molar-refractivity contribution in [2.75, 3.05) is 0 Å². The third-order valence-electron chi connectivity index (χ3n) is 1.81. The molecule has 1 aromatic heterocycles. The second kappa shape index (κ2) is 4.55. The number of nitrogens with one attached hydrogen (secondary N) is 1. The molecule has 0 spiro atoms. The lowest BCUT2D eigenvalue weighted by Gasteiger charge is -2.06. The number of halogens is 2. The molecule has 1 aromatic carbocycles. The lowest BCUT2D eigenvalue weighted by Crippen LogP contribution is -1.97. The highest BCUT2D eigenvalue weighted by Crippen LogP contribution is 2.27. The number of ether oxygens (including phenoxy) is 1. The lowest BCUT2D eigenvalue weighted by atomic mass is 10.3. The molecular formula is C10H8Cl2N2O. The van der Waals surface area contributed by atoms with Crippen molar-refractivity contribution in [3.63, 3.8) is 0 Å². The fourth-order valence-corrected chi connectivity index (χ4v) is 1.58. The van der Waals surface area contributed by atoms with E-state index in [2.05, 4.69) is 9.97 Å². The highest BCUT2D eigenvalue weighted by Gasteiger charge is 2.03. The zero-order valence-electron chi connectivity index (χ0n) is 7.71. The van der Waals surface area contributed by atoms with Gasteiger partial charge in [-0.15, -0.1) is 0 Å². The van der Waals surface area contributed by atoms with Gasteiger partial charge in [-0.1, -0.05) is 23.2 Å². The van der Waals surface area contributed by atoms with Gasteiger partial charge >= 0.3 is 0 Å². The minimum absolute atomic E-state index is 0.356. The zero-order chi connectivity index (χ0) is 10.7. The Morgan fingerprint density at radius 1 is 1.33 bits per heavy atom. The molecule has 0 aliphatic carbocycles. The summed E-state index contributed by atoms with van der Waals surface area (Å²) in [5.74, 6) is 1.35. The molecular weight excluding hydrogens is 235 g/mol. The Morgan fingerprint density at radius 3 is 2.87 bits per heavy atom. The van der Waals surface area contributed by atoms with Crippen LogP contribution in [0.1, 0.15) is 5.82 Å². The van der Waals surface area contributed by atoms with Gasteiger partial charge in [0.05, 0.1) is 5.02 Å². The van der Waals surface area contributed by atoms with Crippen LogP contribution in [0, 0.1) is 0 Å². The van der Waals surface area contributed by atoms with Crippen molar-refractivity contribution in [2.45, 2.75) is 6.61 Å². The molecule has 0 saturated carbocycles. The molecule has 2 aromatic rings. The van der Waals surface area contributed by atoms with Crippen LogP contribution in [0.3, 0.4) is 0 Å². The van der Waals surface area contributed by atoms with Crippen molar-refractivity contribution in [3.05, 3.63) is 46.5 Å². The molecule has 0 fully saturated rings. The van der Waals surface area contributed by atoms with Crippen LogP contribution in [0.25, 0.3) is 0 Å². The summed E-state index contributed by atoms with van der Waals surface area (Å²) in [6.45, 7) is 0.356. The number of imidazole rings is 1. The highest BCUT2D eigenvalue weighted by molar-refractivity contribution is 6.35. The number of aromatic nitrogens is 2.